The number of carbonyl (C=O) groups excluding carboxylic acids is 2. The van der Waals surface area contributed by atoms with Gasteiger partial charge in [0.1, 0.15) is 0 Å². The molecule has 1 N–H and O–H groups in total. The van der Waals surface area contributed by atoms with Crippen molar-refractivity contribution < 1.29 is 9.59 Å². The SMILES string of the molecule is CC(C)C1C(=O)NC(=O)C1C. The Morgan fingerprint density at radius 1 is 1.27 bits per heavy atom. The summed E-state index contributed by atoms with van der Waals surface area (Å²) in [6.45, 7) is 5.71. The van der Waals surface area contributed by atoms with Crippen LogP contribution in [0.5, 0.6) is 0 Å². The smallest absolute Gasteiger partial charge is 0.230 e. The van der Waals surface area contributed by atoms with Crippen LogP contribution in [0.25, 0.3) is 0 Å². The van der Waals surface area contributed by atoms with E-state index in [0.717, 1.165) is 0 Å². The van der Waals surface area contributed by atoms with E-state index in [0.29, 0.717) is 0 Å². The van der Waals surface area contributed by atoms with Crippen molar-refractivity contribution in [2.45, 2.75) is 20.8 Å². The third-order valence-corrected chi connectivity index (χ3v) is 2.22. The zero-order chi connectivity index (χ0) is 8.59. The summed E-state index contributed by atoms with van der Waals surface area (Å²) in [4.78, 5) is 22.1. The van der Waals surface area contributed by atoms with Crippen molar-refractivity contribution in [3.63, 3.8) is 0 Å². The minimum atomic E-state index is -0.150. The molecule has 1 heterocycles. The van der Waals surface area contributed by atoms with Crippen LogP contribution in [0, 0.1) is 17.8 Å². The van der Waals surface area contributed by atoms with Crippen LogP contribution in [-0.4, -0.2) is 11.8 Å². The first kappa shape index (κ1) is 8.24. The second kappa shape index (κ2) is 2.64. The highest BCUT2D eigenvalue weighted by molar-refractivity contribution is 6.04. The van der Waals surface area contributed by atoms with E-state index in [1.165, 1.54) is 0 Å². The third-order valence-electron chi connectivity index (χ3n) is 2.22. The van der Waals surface area contributed by atoms with Crippen LogP contribution in [0.2, 0.25) is 0 Å². The third kappa shape index (κ3) is 1.27. The van der Waals surface area contributed by atoms with E-state index in [4.69, 9.17) is 0 Å². The van der Waals surface area contributed by atoms with Crippen LogP contribution in [0.15, 0.2) is 0 Å². The summed E-state index contributed by atoms with van der Waals surface area (Å²) in [5.41, 5.74) is 0. The van der Waals surface area contributed by atoms with Crippen molar-refractivity contribution in [1.29, 1.82) is 0 Å². The molecule has 0 aliphatic carbocycles. The highest BCUT2D eigenvalue weighted by Gasteiger charge is 2.39. The quantitative estimate of drug-likeness (QED) is 0.562. The van der Waals surface area contributed by atoms with Crippen LogP contribution in [-0.2, 0) is 9.59 Å². The van der Waals surface area contributed by atoms with Gasteiger partial charge in [0.15, 0.2) is 0 Å². The number of nitrogens with one attached hydrogen (secondary N) is 1. The molecular weight excluding hydrogens is 142 g/mol. The second-order valence-corrected chi connectivity index (χ2v) is 3.41. The fourth-order valence-corrected chi connectivity index (χ4v) is 1.59. The van der Waals surface area contributed by atoms with Crippen molar-refractivity contribution >= 4 is 11.8 Å². The Balaban J connectivity index is 2.79. The van der Waals surface area contributed by atoms with E-state index in [1.54, 1.807) is 6.92 Å². The lowest BCUT2D eigenvalue weighted by Gasteiger charge is -2.13. The molecular formula is C8H13NO2. The highest BCUT2D eigenvalue weighted by atomic mass is 16.2. The summed E-state index contributed by atoms with van der Waals surface area (Å²) < 4.78 is 0. The molecule has 2 atom stereocenters. The molecule has 3 heteroatoms. The molecule has 0 bridgehead atoms. The van der Waals surface area contributed by atoms with Gasteiger partial charge in [0.05, 0.1) is 5.92 Å². The van der Waals surface area contributed by atoms with Gasteiger partial charge in [0.25, 0.3) is 0 Å². The molecule has 1 saturated heterocycles. The standard InChI is InChI=1S/C8H13NO2/c1-4(2)6-5(3)7(10)9-8(6)11/h4-6H,1-3H3,(H,9,10,11). The van der Waals surface area contributed by atoms with Crippen LogP contribution in [0.3, 0.4) is 0 Å². The van der Waals surface area contributed by atoms with Gasteiger partial charge >= 0.3 is 0 Å². The summed E-state index contributed by atoms with van der Waals surface area (Å²) in [7, 11) is 0. The van der Waals surface area contributed by atoms with Gasteiger partial charge in [-0.1, -0.05) is 20.8 Å². The first-order valence-electron chi connectivity index (χ1n) is 3.88. The molecule has 1 aliphatic heterocycles. The minimum Gasteiger partial charge on any atom is -0.296 e. The number of hydrogen-bond acceptors (Lipinski definition) is 2. The lowest BCUT2D eigenvalue weighted by atomic mass is 9.87. The predicted octanol–water partition coefficient (Wildman–Crippen LogP) is 0.551. The van der Waals surface area contributed by atoms with Crippen LogP contribution in [0.1, 0.15) is 20.8 Å². The molecule has 0 aromatic rings. The molecule has 3 nitrogen and oxygen atoms in total. The summed E-state index contributed by atoms with van der Waals surface area (Å²) in [5.74, 6) is -0.271. The molecule has 0 radical (unpaired) electrons. The van der Waals surface area contributed by atoms with Gasteiger partial charge in [0.2, 0.25) is 11.8 Å². The van der Waals surface area contributed by atoms with Gasteiger partial charge in [0, 0.05) is 5.92 Å². The molecule has 0 aromatic heterocycles. The number of amides is 2. The Bertz CT molecular complexity index is 198. The summed E-state index contributed by atoms with van der Waals surface area (Å²) >= 11 is 0. The van der Waals surface area contributed by atoms with Crippen LogP contribution >= 0.6 is 0 Å². The Morgan fingerprint density at radius 2 is 1.82 bits per heavy atom. The van der Waals surface area contributed by atoms with E-state index in [-0.39, 0.29) is 29.6 Å². The van der Waals surface area contributed by atoms with Crippen molar-refractivity contribution in [3.05, 3.63) is 0 Å². The summed E-state index contributed by atoms with van der Waals surface area (Å²) in [6, 6.07) is 0. The molecule has 1 rings (SSSR count). The fraction of sp³-hybridized carbons (Fsp3) is 0.750. The van der Waals surface area contributed by atoms with E-state index in [1.807, 2.05) is 13.8 Å². The van der Waals surface area contributed by atoms with Crippen molar-refractivity contribution in [1.82, 2.24) is 5.32 Å². The maximum atomic E-state index is 11.1. The average molecular weight is 155 g/mol. The largest absolute Gasteiger partial charge is 0.296 e. The van der Waals surface area contributed by atoms with E-state index in [2.05, 4.69) is 5.32 Å². The van der Waals surface area contributed by atoms with Gasteiger partial charge in [-0.25, -0.2) is 0 Å². The monoisotopic (exact) mass is 155 g/mol. The van der Waals surface area contributed by atoms with Gasteiger partial charge in [-0.3, -0.25) is 14.9 Å². The highest BCUT2D eigenvalue weighted by Crippen LogP contribution is 2.25. The number of carbonyl (C=O) groups is 2. The van der Waals surface area contributed by atoms with E-state index < -0.39 is 0 Å². The summed E-state index contributed by atoms with van der Waals surface area (Å²) in [6.07, 6.45) is 0. The molecule has 0 aromatic carbocycles. The van der Waals surface area contributed by atoms with Gasteiger partial charge < -0.3 is 0 Å². The molecule has 0 saturated carbocycles. The summed E-state index contributed by atoms with van der Waals surface area (Å²) in [5, 5.41) is 2.32. The molecule has 62 valence electrons. The number of hydrogen-bond donors (Lipinski definition) is 1. The average Bonchev–Trinajstić information content (AvgIpc) is 2.07. The Kier molecular flexibility index (Phi) is 1.98. The first-order chi connectivity index (χ1) is 5.04. The Hall–Kier alpha value is -0.860. The molecule has 1 aliphatic rings. The number of rotatable bonds is 1. The van der Waals surface area contributed by atoms with Crippen molar-refractivity contribution in [2.75, 3.05) is 0 Å². The van der Waals surface area contributed by atoms with Crippen LogP contribution in [0.4, 0.5) is 0 Å². The fourth-order valence-electron chi connectivity index (χ4n) is 1.59. The maximum Gasteiger partial charge on any atom is 0.230 e. The molecule has 1 fully saturated rings. The zero-order valence-electron chi connectivity index (χ0n) is 7.05. The van der Waals surface area contributed by atoms with Gasteiger partial charge in [-0.2, -0.15) is 0 Å². The molecule has 0 spiro atoms. The molecule has 2 unspecified atom stereocenters. The van der Waals surface area contributed by atoms with Gasteiger partial charge in [-0.15, -0.1) is 0 Å². The van der Waals surface area contributed by atoms with Crippen LogP contribution < -0.4 is 5.32 Å². The molecule has 11 heavy (non-hydrogen) atoms. The van der Waals surface area contributed by atoms with Crippen molar-refractivity contribution in [3.8, 4) is 0 Å². The maximum absolute atomic E-state index is 11.1. The van der Waals surface area contributed by atoms with E-state index >= 15 is 0 Å². The lowest BCUT2D eigenvalue weighted by molar-refractivity contribution is -0.126. The lowest BCUT2D eigenvalue weighted by Crippen LogP contribution is -2.24. The Labute approximate surface area is 66.2 Å². The second-order valence-electron chi connectivity index (χ2n) is 3.41. The predicted molar refractivity (Wildman–Crippen MR) is 40.6 cm³/mol. The first-order valence-corrected chi connectivity index (χ1v) is 3.88. The zero-order valence-corrected chi connectivity index (χ0v) is 7.05. The van der Waals surface area contributed by atoms with Gasteiger partial charge in [-0.05, 0) is 5.92 Å². The minimum absolute atomic E-state index is 0.113. The van der Waals surface area contributed by atoms with Crippen molar-refractivity contribution in [2.24, 2.45) is 17.8 Å². The Morgan fingerprint density at radius 3 is 2.00 bits per heavy atom. The molecule has 2 amide bonds. The topological polar surface area (TPSA) is 46.2 Å². The van der Waals surface area contributed by atoms with E-state index in [9.17, 15) is 9.59 Å². The normalized spacial score (nSPS) is 31.3. The number of imide groups is 1.